The zero-order chi connectivity index (χ0) is 13.1. The fourth-order valence-electron chi connectivity index (χ4n) is 2.01. The molecule has 1 aromatic heterocycles. The molecule has 1 aromatic carbocycles. The Balaban J connectivity index is 2.05. The molecule has 4 heteroatoms. The summed E-state index contributed by atoms with van der Waals surface area (Å²) in [7, 11) is 1.94. The normalized spacial score (nSPS) is 14.4. The molecule has 96 valence electrons. The molecule has 0 aliphatic rings. The van der Waals surface area contributed by atoms with Crippen LogP contribution in [0, 0.1) is 0 Å². The predicted molar refractivity (Wildman–Crippen MR) is 77.3 cm³/mol. The number of aryl methyl sites for hydroxylation is 1. The molecule has 1 N–H and O–H groups in total. The third-order valence-corrected chi connectivity index (χ3v) is 3.57. The Morgan fingerprint density at radius 2 is 1.94 bits per heavy atom. The number of hydrogen-bond donors (Lipinski definition) is 1. The smallest absolute Gasteiger partial charge is 0.0537 e. The first-order valence-electron chi connectivity index (χ1n) is 6.06. The predicted octanol–water partition coefficient (Wildman–Crippen LogP) is 3.59. The van der Waals surface area contributed by atoms with Crippen LogP contribution in [0.25, 0.3) is 0 Å². The second kappa shape index (κ2) is 5.67. The third kappa shape index (κ3) is 3.21. The van der Waals surface area contributed by atoms with E-state index in [0.29, 0.717) is 6.04 Å². The average Bonchev–Trinajstić information content (AvgIpc) is 2.76. The standard InChI is InChI=1S/C14H18BrN3/c1-10(12-5-4-6-14(15)7-12)17-11(2)13-8-16-18(3)9-13/h4-11,17H,1-3H3. The lowest BCUT2D eigenvalue weighted by Crippen LogP contribution is -2.22. The summed E-state index contributed by atoms with van der Waals surface area (Å²) >= 11 is 3.50. The van der Waals surface area contributed by atoms with Gasteiger partial charge in [0.25, 0.3) is 0 Å². The number of nitrogens with one attached hydrogen (secondary N) is 1. The maximum absolute atomic E-state index is 4.20. The summed E-state index contributed by atoms with van der Waals surface area (Å²) in [5.74, 6) is 0. The van der Waals surface area contributed by atoms with Gasteiger partial charge in [0.05, 0.1) is 6.20 Å². The fourth-order valence-corrected chi connectivity index (χ4v) is 2.42. The maximum atomic E-state index is 4.20. The summed E-state index contributed by atoms with van der Waals surface area (Å²) in [6, 6.07) is 8.98. The van der Waals surface area contributed by atoms with E-state index in [1.807, 2.05) is 30.2 Å². The number of aromatic nitrogens is 2. The Morgan fingerprint density at radius 3 is 2.56 bits per heavy atom. The van der Waals surface area contributed by atoms with Gasteiger partial charge in [0.15, 0.2) is 0 Å². The van der Waals surface area contributed by atoms with Crippen molar-refractivity contribution in [3.05, 3.63) is 52.3 Å². The summed E-state index contributed by atoms with van der Waals surface area (Å²) in [5, 5.41) is 7.78. The molecule has 0 amide bonds. The summed E-state index contributed by atoms with van der Waals surface area (Å²) < 4.78 is 2.94. The van der Waals surface area contributed by atoms with Crippen LogP contribution in [-0.4, -0.2) is 9.78 Å². The van der Waals surface area contributed by atoms with Gasteiger partial charge in [-0.25, -0.2) is 0 Å². The highest BCUT2D eigenvalue weighted by atomic mass is 79.9. The average molecular weight is 308 g/mol. The Labute approximate surface area is 116 Å². The van der Waals surface area contributed by atoms with Gasteiger partial charge in [0.1, 0.15) is 0 Å². The van der Waals surface area contributed by atoms with E-state index in [9.17, 15) is 0 Å². The van der Waals surface area contributed by atoms with Gasteiger partial charge in [-0.15, -0.1) is 0 Å². The number of rotatable bonds is 4. The molecule has 0 saturated heterocycles. The van der Waals surface area contributed by atoms with Gasteiger partial charge in [-0.2, -0.15) is 5.10 Å². The SMILES string of the molecule is CC(NC(C)c1cnn(C)c1)c1cccc(Br)c1. The minimum Gasteiger partial charge on any atom is -0.304 e. The lowest BCUT2D eigenvalue weighted by molar-refractivity contribution is 0.494. The van der Waals surface area contributed by atoms with Crippen molar-refractivity contribution < 1.29 is 0 Å². The molecule has 1 heterocycles. The van der Waals surface area contributed by atoms with Crippen LogP contribution >= 0.6 is 15.9 Å². The monoisotopic (exact) mass is 307 g/mol. The molecular formula is C14H18BrN3. The summed E-state index contributed by atoms with van der Waals surface area (Å²) in [5.41, 5.74) is 2.49. The molecule has 2 aromatic rings. The molecule has 0 aliphatic heterocycles. The van der Waals surface area contributed by atoms with E-state index in [1.165, 1.54) is 11.1 Å². The molecule has 2 rings (SSSR count). The van der Waals surface area contributed by atoms with E-state index < -0.39 is 0 Å². The van der Waals surface area contributed by atoms with Crippen LogP contribution < -0.4 is 5.32 Å². The number of benzene rings is 1. The lowest BCUT2D eigenvalue weighted by atomic mass is 10.1. The van der Waals surface area contributed by atoms with Crippen molar-refractivity contribution in [2.45, 2.75) is 25.9 Å². The van der Waals surface area contributed by atoms with E-state index in [4.69, 9.17) is 0 Å². The Bertz CT molecular complexity index is 521. The molecule has 3 nitrogen and oxygen atoms in total. The first kappa shape index (κ1) is 13.3. The van der Waals surface area contributed by atoms with Crippen molar-refractivity contribution in [2.24, 2.45) is 7.05 Å². The first-order valence-corrected chi connectivity index (χ1v) is 6.85. The van der Waals surface area contributed by atoms with Gasteiger partial charge < -0.3 is 5.32 Å². The molecule has 0 bridgehead atoms. The van der Waals surface area contributed by atoms with Crippen molar-refractivity contribution in [2.75, 3.05) is 0 Å². The largest absolute Gasteiger partial charge is 0.304 e. The fraction of sp³-hybridized carbons (Fsp3) is 0.357. The van der Waals surface area contributed by atoms with Crippen LogP contribution in [0.4, 0.5) is 0 Å². The van der Waals surface area contributed by atoms with Crippen molar-refractivity contribution >= 4 is 15.9 Å². The molecule has 0 fully saturated rings. The van der Waals surface area contributed by atoms with Crippen LogP contribution in [0.3, 0.4) is 0 Å². The van der Waals surface area contributed by atoms with E-state index in [-0.39, 0.29) is 6.04 Å². The van der Waals surface area contributed by atoms with Crippen molar-refractivity contribution in [1.29, 1.82) is 0 Å². The van der Waals surface area contributed by atoms with E-state index in [2.05, 4.69) is 58.4 Å². The van der Waals surface area contributed by atoms with Crippen LogP contribution in [-0.2, 0) is 7.05 Å². The second-order valence-corrected chi connectivity index (χ2v) is 5.53. The van der Waals surface area contributed by atoms with Crippen LogP contribution in [0.1, 0.15) is 37.1 Å². The van der Waals surface area contributed by atoms with Crippen LogP contribution in [0.15, 0.2) is 41.1 Å². The van der Waals surface area contributed by atoms with Gasteiger partial charge in [-0.05, 0) is 31.5 Å². The molecule has 0 radical (unpaired) electrons. The second-order valence-electron chi connectivity index (χ2n) is 4.61. The van der Waals surface area contributed by atoms with Crippen molar-refractivity contribution in [3.8, 4) is 0 Å². The van der Waals surface area contributed by atoms with E-state index in [0.717, 1.165) is 4.47 Å². The molecule has 2 atom stereocenters. The zero-order valence-electron chi connectivity index (χ0n) is 10.9. The van der Waals surface area contributed by atoms with Gasteiger partial charge in [0, 0.05) is 35.4 Å². The van der Waals surface area contributed by atoms with Crippen molar-refractivity contribution in [3.63, 3.8) is 0 Å². The van der Waals surface area contributed by atoms with Crippen LogP contribution in [0.2, 0.25) is 0 Å². The third-order valence-electron chi connectivity index (χ3n) is 3.07. The van der Waals surface area contributed by atoms with Gasteiger partial charge in [-0.1, -0.05) is 28.1 Å². The summed E-state index contributed by atoms with van der Waals surface area (Å²) in [6.45, 7) is 4.33. The molecule has 0 saturated carbocycles. The van der Waals surface area contributed by atoms with Gasteiger partial charge >= 0.3 is 0 Å². The molecular weight excluding hydrogens is 290 g/mol. The highest BCUT2D eigenvalue weighted by Crippen LogP contribution is 2.21. The number of nitrogens with zero attached hydrogens (tertiary/aromatic N) is 2. The maximum Gasteiger partial charge on any atom is 0.0537 e. The molecule has 0 spiro atoms. The summed E-state index contributed by atoms with van der Waals surface area (Å²) in [6.07, 6.45) is 3.95. The Kier molecular flexibility index (Phi) is 4.19. The van der Waals surface area contributed by atoms with Crippen molar-refractivity contribution in [1.82, 2.24) is 15.1 Å². The van der Waals surface area contributed by atoms with Gasteiger partial charge in [0.2, 0.25) is 0 Å². The van der Waals surface area contributed by atoms with Gasteiger partial charge in [-0.3, -0.25) is 4.68 Å². The highest BCUT2D eigenvalue weighted by molar-refractivity contribution is 9.10. The first-order chi connectivity index (χ1) is 8.56. The molecule has 18 heavy (non-hydrogen) atoms. The highest BCUT2D eigenvalue weighted by Gasteiger charge is 2.12. The Hall–Kier alpha value is -1.13. The van der Waals surface area contributed by atoms with Crippen LogP contribution in [0.5, 0.6) is 0 Å². The number of halogens is 1. The summed E-state index contributed by atoms with van der Waals surface area (Å²) in [4.78, 5) is 0. The lowest BCUT2D eigenvalue weighted by Gasteiger charge is -2.19. The van der Waals surface area contributed by atoms with E-state index in [1.54, 1.807) is 0 Å². The minimum absolute atomic E-state index is 0.285. The minimum atomic E-state index is 0.285. The topological polar surface area (TPSA) is 29.9 Å². The quantitative estimate of drug-likeness (QED) is 0.935. The Morgan fingerprint density at radius 1 is 1.22 bits per heavy atom. The number of hydrogen-bond acceptors (Lipinski definition) is 2. The zero-order valence-corrected chi connectivity index (χ0v) is 12.5. The van der Waals surface area contributed by atoms with E-state index >= 15 is 0 Å². The molecule has 2 unspecified atom stereocenters. The molecule has 0 aliphatic carbocycles.